The van der Waals surface area contributed by atoms with Crippen LogP contribution in [0.1, 0.15) is 39.5 Å². The molecule has 1 fully saturated rings. The molecule has 100 valence electrons. The molecule has 17 heavy (non-hydrogen) atoms. The summed E-state index contributed by atoms with van der Waals surface area (Å²) in [6.07, 6.45) is 4.40. The number of carbonyl (C=O) groups is 1. The van der Waals surface area contributed by atoms with Crippen molar-refractivity contribution in [3.8, 4) is 0 Å². The maximum Gasteiger partial charge on any atom is 0.320 e. The minimum absolute atomic E-state index is 0.125. The third kappa shape index (κ3) is 6.03. The van der Waals surface area contributed by atoms with Crippen molar-refractivity contribution >= 4 is 5.97 Å². The summed E-state index contributed by atoms with van der Waals surface area (Å²) in [5.74, 6) is -0.147. The molecule has 0 bridgehead atoms. The fraction of sp³-hybridized carbons (Fsp3) is 0.923. The Hall–Kier alpha value is -0.610. The molecule has 0 aromatic rings. The highest BCUT2D eigenvalue weighted by atomic mass is 16.5. The molecule has 0 spiro atoms. The molecule has 0 aromatic heterocycles. The Kier molecular flexibility index (Phi) is 5.92. The zero-order valence-electron chi connectivity index (χ0n) is 11.3. The predicted octanol–water partition coefficient (Wildman–Crippen LogP) is 1.73. The maximum absolute atomic E-state index is 11.5. The van der Waals surface area contributed by atoms with E-state index < -0.39 is 0 Å². The number of hydrogen-bond acceptors (Lipinski definition) is 4. The van der Waals surface area contributed by atoms with Crippen molar-refractivity contribution in [1.82, 2.24) is 5.32 Å². The number of esters is 1. The topological polar surface area (TPSA) is 47.6 Å². The number of nitrogens with one attached hydrogen (secondary N) is 1. The molecule has 1 aliphatic carbocycles. The summed E-state index contributed by atoms with van der Waals surface area (Å²) < 4.78 is 10.3. The minimum Gasteiger partial charge on any atom is -0.461 e. The number of ether oxygens (including phenoxy) is 2. The number of hydrogen-bond donors (Lipinski definition) is 1. The summed E-state index contributed by atoms with van der Waals surface area (Å²) in [4.78, 5) is 11.5. The van der Waals surface area contributed by atoms with E-state index >= 15 is 0 Å². The van der Waals surface area contributed by atoms with Gasteiger partial charge in [0.25, 0.3) is 0 Å². The predicted molar refractivity (Wildman–Crippen MR) is 66.9 cm³/mol. The Bertz CT molecular complexity index is 231. The highest BCUT2D eigenvalue weighted by Crippen LogP contribution is 2.36. The van der Waals surface area contributed by atoms with Crippen molar-refractivity contribution in [2.45, 2.75) is 45.6 Å². The fourth-order valence-corrected chi connectivity index (χ4v) is 2.08. The maximum atomic E-state index is 11.5. The third-order valence-corrected chi connectivity index (χ3v) is 3.34. The molecule has 1 N–H and O–H groups in total. The van der Waals surface area contributed by atoms with E-state index in [0.29, 0.717) is 18.6 Å². The SMILES string of the molecule is COCCNCC(=O)OC1CCC(C)(C)CC1. The Labute approximate surface area is 104 Å². The second kappa shape index (κ2) is 6.97. The molecule has 1 rings (SSSR count). The molecule has 0 atom stereocenters. The van der Waals surface area contributed by atoms with Gasteiger partial charge in [-0.05, 0) is 31.1 Å². The quantitative estimate of drug-likeness (QED) is 0.570. The van der Waals surface area contributed by atoms with Gasteiger partial charge in [-0.25, -0.2) is 0 Å². The first-order valence-electron chi connectivity index (χ1n) is 6.43. The average Bonchev–Trinajstić information content (AvgIpc) is 2.28. The van der Waals surface area contributed by atoms with Gasteiger partial charge in [0.1, 0.15) is 6.10 Å². The Balaban J connectivity index is 2.11. The monoisotopic (exact) mass is 243 g/mol. The van der Waals surface area contributed by atoms with E-state index in [1.165, 1.54) is 0 Å². The molecule has 0 aromatic carbocycles. The average molecular weight is 243 g/mol. The summed E-state index contributed by atoms with van der Waals surface area (Å²) in [6, 6.07) is 0. The second-order valence-electron chi connectivity index (χ2n) is 5.52. The Morgan fingerprint density at radius 3 is 2.59 bits per heavy atom. The number of carbonyl (C=O) groups excluding carboxylic acids is 1. The van der Waals surface area contributed by atoms with Gasteiger partial charge >= 0.3 is 5.97 Å². The van der Waals surface area contributed by atoms with Gasteiger partial charge in [0.2, 0.25) is 0 Å². The van der Waals surface area contributed by atoms with Crippen LogP contribution in [-0.2, 0) is 14.3 Å². The van der Waals surface area contributed by atoms with Gasteiger partial charge in [0.15, 0.2) is 0 Å². The summed E-state index contributed by atoms with van der Waals surface area (Å²) >= 11 is 0. The summed E-state index contributed by atoms with van der Waals surface area (Å²) in [5.41, 5.74) is 0.416. The van der Waals surface area contributed by atoms with Crippen LogP contribution in [0.25, 0.3) is 0 Å². The molecule has 0 heterocycles. The first-order valence-corrected chi connectivity index (χ1v) is 6.43. The van der Waals surface area contributed by atoms with Crippen LogP contribution >= 0.6 is 0 Å². The lowest BCUT2D eigenvalue weighted by molar-refractivity contribution is -0.150. The Morgan fingerprint density at radius 1 is 1.35 bits per heavy atom. The summed E-state index contributed by atoms with van der Waals surface area (Å²) in [6.45, 7) is 6.13. The van der Waals surface area contributed by atoms with Crippen LogP contribution in [0.15, 0.2) is 0 Å². The van der Waals surface area contributed by atoms with E-state index in [1.807, 2.05) is 0 Å². The van der Waals surface area contributed by atoms with Gasteiger partial charge in [-0.3, -0.25) is 4.79 Å². The minimum atomic E-state index is -0.147. The van der Waals surface area contributed by atoms with Crippen LogP contribution in [-0.4, -0.2) is 38.9 Å². The molecule has 0 amide bonds. The smallest absolute Gasteiger partial charge is 0.320 e. The number of rotatable bonds is 6. The van der Waals surface area contributed by atoms with Crippen molar-refractivity contribution in [3.05, 3.63) is 0 Å². The first kappa shape index (κ1) is 14.5. The van der Waals surface area contributed by atoms with Crippen molar-refractivity contribution in [2.24, 2.45) is 5.41 Å². The lowest BCUT2D eigenvalue weighted by Gasteiger charge is -2.33. The van der Waals surface area contributed by atoms with Crippen LogP contribution in [0.5, 0.6) is 0 Å². The lowest BCUT2D eigenvalue weighted by Crippen LogP contribution is -2.33. The van der Waals surface area contributed by atoms with Gasteiger partial charge in [-0.15, -0.1) is 0 Å². The van der Waals surface area contributed by atoms with Crippen LogP contribution in [0.4, 0.5) is 0 Å². The zero-order valence-corrected chi connectivity index (χ0v) is 11.3. The Morgan fingerprint density at radius 2 is 2.00 bits per heavy atom. The van der Waals surface area contributed by atoms with Crippen molar-refractivity contribution in [2.75, 3.05) is 26.8 Å². The zero-order chi connectivity index (χ0) is 12.7. The van der Waals surface area contributed by atoms with Crippen LogP contribution in [0.2, 0.25) is 0 Å². The molecule has 0 aliphatic heterocycles. The fourth-order valence-electron chi connectivity index (χ4n) is 2.08. The second-order valence-corrected chi connectivity index (χ2v) is 5.52. The van der Waals surface area contributed by atoms with Gasteiger partial charge < -0.3 is 14.8 Å². The van der Waals surface area contributed by atoms with Crippen molar-refractivity contribution in [1.29, 1.82) is 0 Å². The van der Waals surface area contributed by atoms with E-state index in [2.05, 4.69) is 19.2 Å². The first-order chi connectivity index (χ1) is 8.03. The highest BCUT2D eigenvalue weighted by Gasteiger charge is 2.28. The lowest BCUT2D eigenvalue weighted by atomic mass is 9.76. The van der Waals surface area contributed by atoms with E-state index in [-0.39, 0.29) is 18.6 Å². The van der Waals surface area contributed by atoms with Gasteiger partial charge in [-0.1, -0.05) is 13.8 Å². The molecule has 0 radical (unpaired) electrons. The molecule has 1 saturated carbocycles. The van der Waals surface area contributed by atoms with Crippen molar-refractivity contribution < 1.29 is 14.3 Å². The standard InChI is InChI=1S/C13H25NO3/c1-13(2)6-4-11(5-7-13)17-12(15)10-14-8-9-16-3/h11,14H,4-10H2,1-3H3. The van der Waals surface area contributed by atoms with Crippen LogP contribution in [0.3, 0.4) is 0 Å². The van der Waals surface area contributed by atoms with Gasteiger partial charge in [0, 0.05) is 13.7 Å². The molecular formula is C13H25NO3. The summed E-state index contributed by atoms with van der Waals surface area (Å²) in [5, 5.41) is 2.99. The number of methoxy groups -OCH3 is 1. The normalized spacial score (nSPS) is 20.2. The molecule has 4 heteroatoms. The third-order valence-electron chi connectivity index (χ3n) is 3.34. The molecule has 4 nitrogen and oxygen atoms in total. The molecule has 0 unspecified atom stereocenters. The van der Waals surface area contributed by atoms with E-state index in [9.17, 15) is 4.79 Å². The van der Waals surface area contributed by atoms with E-state index in [4.69, 9.17) is 9.47 Å². The summed E-state index contributed by atoms with van der Waals surface area (Å²) in [7, 11) is 1.64. The molecule has 0 saturated heterocycles. The largest absolute Gasteiger partial charge is 0.461 e. The van der Waals surface area contributed by atoms with E-state index in [0.717, 1.165) is 25.7 Å². The molecule has 1 aliphatic rings. The van der Waals surface area contributed by atoms with E-state index in [1.54, 1.807) is 7.11 Å². The van der Waals surface area contributed by atoms with Crippen LogP contribution < -0.4 is 5.32 Å². The van der Waals surface area contributed by atoms with Gasteiger partial charge in [0.05, 0.1) is 13.2 Å². The van der Waals surface area contributed by atoms with Crippen LogP contribution in [0, 0.1) is 5.41 Å². The highest BCUT2D eigenvalue weighted by molar-refractivity contribution is 5.71. The molecular weight excluding hydrogens is 218 g/mol. The van der Waals surface area contributed by atoms with Gasteiger partial charge in [-0.2, -0.15) is 0 Å². The van der Waals surface area contributed by atoms with Crippen molar-refractivity contribution in [3.63, 3.8) is 0 Å².